The van der Waals surface area contributed by atoms with E-state index in [1.807, 2.05) is 42.5 Å². The minimum atomic E-state index is -0.362. The number of benzene rings is 2. The minimum Gasteiger partial charge on any atom is -0.355 e. The van der Waals surface area contributed by atoms with Crippen LogP contribution in [0.4, 0.5) is 0 Å². The average Bonchev–Trinajstić information content (AvgIpc) is 3.31. The largest absolute Gasteiger partial charge is 0.355 e. The quantitative estimate of drug-likeness (QED) is 0.816. The van der Waals surface area contributed by atoms with Gasteiger partial charge in [-0.05, 0) is 48.6 Å². The third-order valence-corrected chi connectivity index (χ3v) is 5.21. The van der Waals surface area contributed by atoms with Gasteiger partial charge in [0.2, 0.25) is 5.91 Å². The Morgan fingerprint density at radius 3 is 2.64 bits per heavy atom. The van der Waals surface area contributed by atoms with Crippen LogP contribution in [0.2, 0.25) is 5.02 Å². The van der Waals surface area contributed by atoms with Crippen molar-refractivity contribution in [1.82, 2.24) is 5.32 Å². The molecule has 1 N–H and O–H groups in total. The molecule has 3 rings (SSSR count). The fraction of sp³-hybridized carbons (Fsp3) is 0.278. The van der Waals surface area contributed by atoms with Gasteiger partial charge in [0.05, 0.1) is 5.41 Å². The van der Waals surface area contributed by atoms with E-state index in [2.05, 4.69) is 27.3 Å². The lowest BCUT2D eigenvalue weighted by Crippen LogP contribution is -2.36. The summed E-state index contributed by atoms with van der Waals surface area (Å²) in [6, 6.07) is 15.7. The summed E-state index contributed by atoms with van der Waals surface area (Å²) < 4.78 is 1.08. The highest BCUT2D eigenvalue weighted by Crippen LogP contribution is 2.48. The minimum absolute atomic E-state index is 0.113. The maximum Gasteiger partial charge on any atom is 0.230 e. The van der Waals surface area contributed by atoms with Gasteiger partial charge in [0.15, 0.2) is 0 Å². The van der Waals surface area contributed by atoms with Crippen LogP contribution in [0.25, 0.3) is 0 Å². The van der Waals surface area contributed by atoms with Crippen molar-refractivity contribution in [1.29, 1.82) is 0 Å². The Hall–Kier alpha value is -1.32. The Morgan fingerprint density at radius 1 is 1.18 bits per heavy atom. The molecule has 0 radical (unpaired) electrons. The van der Waals surface area contributed by atoms with Crippen molar-refractivity contribution in [3.05, 3.63) is 69.2 Å². The molecule has 1 aliphatic carbocycles. The van der Waals surface area contributed by atoms with Gasteiger partial charge in [0, 0.05) is 16.0 Å². The highest BCUT2D eigenvalue weighted by molar-refractivity contribution is 9.10. The highest BCUT2D eigenvalue weighted by atomic mass is 79.9. The second kappa shape index (κ2) is 6.43. The number of halogens is 2. The van der Waals surface area contributed by atoms with Gasteiger partial charge in [0.25, 0.3) is 0 Å². The lowest BCUT2D eigenvalue weighted by molar-refractivity contribution is -0.123. The number of rotatable bonds is 5. The van der Waals surface area contributed by atoms with E-state index in [9.17, 15) is 4.79 Å². The molecule has 2 aromatic carbocycles. The van der Waals surface area contributed by atoms with Crippen LogP contribution in [0.3, 0.4) is 0 Å². The van der Waals surface area contributed by atoms with Gasteiger partial charge in [-0.25, -0.2) is 0 Å². The molecule has 2 aromatic rings. The monoisotopic (exact) mass is 377 g/mol. The number of carbonyl (C=O) groups is 1. The van der Waals surface area contributed by atoms with Gasteiger partial charge >= 0.3 is 0 Å². The molecule has 4 heteroatoms. The van der Waals surface area contributed by atoms with Crippen molar-refractivity contribution in [2.45, 2.75) is 24.7 Å². The Kier molecular flexibility index (Phi) is 4.55. The molecule has 114 valence electrons. The molecule has 22 heavy (non-hydrogen) atoms. The zero-order chi connectivity index (χ0) is 15.6. The van der Waals surface area contributed by atoms with E-state index in [1.54, 1.807) is 0 Å². The smallest absolute Gasteiger partial charge is 0.230 e. The molecule has 0 saturated heterocycles. The second-order valence-electron chi connectivity index (χ2n) is 5.69. The predicted molar refractivity (Wildman–Crippen MR) is 93.2 cm³/mol. The third-order valence-electron chi connectivity index (χ3n) is 4.20. The molecule has 1 fully saturated rings. The number of nitrogens with one attached hydrogen (secondary N) is 1. The van der Waals surface area contributed by atoms with Crippen LogP contribution in [0, 0.1) is 0 Å². The van der Waals surface area contributed by atoms with Crippen LogP contribution in [0.5, 0.6) is 0 Å². The van der Waals surface area contributed by atoms with E-state index in [0.717, 1.165) is 29.3 Å². The molecule has 0 aromatic heterocycles. The van der Waals surface area contributed by atoms with Gasteiger partial charge in [-0.15, -0.1) is 0 Å². The zero-order valence-corrected chi connectivity index (χ0v) is 14.5. The molecule has 0 unspecified atom stereocenters. The molecular weight excluding hydrogens is 362 g/mol. The van der Waals surface area contributed by atoms with Crippen molar-refractivity contribution < 1.29 is 4.79 Å². The fourth-order valence-corrected chi connectivity index (χ4v) is 3.41. The lowest BCUT2D eigenvalue weighted by Gasteiger charge is -2.16. The Labute approximate surface area is 144 Å². The van der Waals surface area contributed by atoms with Crippen molar-refractivity contribution >= 4 is 33.4 Å². The van der Waals surface area contributed by atoms with E-state index < -0.39 is 0 Å². The van der Waals surface area contributed by atoms with Crippen LogP contribution in [-0.4, -0.2) is 12.5 Å². The molecule has 2 nitrogen and oxygen atoms in total. The summed E-state index contributed by atoms with van der Waals surface area (Å²) in [5, 5.41) is 3.76. The first-order valence-corrected chi connectivity index (χ1v) is 8.57. The highest BCUT2D eigenvalue weighted by Gasteiger charge is 2.51. The van der Waals surface area contributed by atoms with Crippen molar-refractivity contribution in [3.8, 4) is 0 Å². The summed E-state index contributed by atoms with van der Waals surface area (Å²) in [4.78, 5) is 12.5. The summed E-state index contributed by atoms with van der Waals surface area (Å²) in [6.07, 6.45) is 2.61. The van der Waals surface area contributed by atoms with E-state index in [0.29, 0.717) is 11.6 Å². The summed E-state index contributed by atoms with van der Waals surface area (Å²) in [5.41, 5.74) is 1.87. The van der Waals surface area contributed by atoms with Crippen LogP contribution >= 0.6 is 27.5 Å². The molecule has 1 saturated carbocycles. The average molecular weight is 379 g/mol. The van der Waals surface area contributed by atoms with Crippen LogP contribution in [0.1, 0.15) is 24.0 Å². The van der Waals surface area contributed by atoms with Gasteiger partial charge < -0.3 is 5.32 Å². The van der Waals surface area contributed by atoms with Crippen molar-refractivity contribution in [3.63, 3.8) is 0 Å². The maximum absolute atomic E-state index is 12.5. The van der Waals surface area contributed by atoms with Crippen LogP contribution in [-0.2, 0) is 16.6 Å². The number of hydrogen-bond acceptors (Lipinski definition) is 1. The maximum atomic E-state index is 12.5. The zero-order valence-electron chi connectivity index (χ0n) is 12.1. The van der Waals surface area contributed by atoms with E-state index in [1.165, 1.54) is 5.56 Å². The normalized spacial score (nSPS) is 15.4. The van der Waals surface area contributed by atoms with E-state index >= 15 is 0 Å². The fourth-order valence-electron chi connectivity index (χ4n) is 2.74. The van der Waals surface area contributed by atoms with E-state index in [4.69, 9.17) is 11.6 Å². The van der Waals surface area contributed by atoms with Gasteiger partial charge in [-0.1, -0.05) is 57.9 Å². The first kappa shape index (κ1) is 15.6. The Bertz CT molecular complexity index is 697. The van der Waals surface area contributed by atoms with Gasteiger partial charge in [-0.2, -0.15) is 0 Å². The van der Waals surface area contributed by atoms with E-state index in [-0.39, 0.29) is 11.3 Å². The molecule has 0 heterocycles. The molecule has 0 spiro atoms. The van der Waals surface area contributed by atoms with Crippen molar-refractivity contribution in [2.24, 2.45) is 0 Å². The molecule has 0 bridgehead atoms. The topological polar surface area (TPSA) is 29.1 Å². The SMILES string of the molecule is O=C(NCCc1ccccc1Br)C1(c2cccc(Cl)c2)CC1. The Balaban J connectivity index is 1.62. The van der Waals surface area contributed by atoms with Gasteiger partial charge in [-0.3, -0.25) is 4.79 Å². The summed E-state index contributed by atoms with van der Waals surface area (Å²) in [7, 11) is 0. The first-order chi connectivity index (χ1) is 10.6. The predicted octanol–water partition coefficient (Wildman–Crippen LogP) is 4.49. The lowest BCUT2D eigenvalue weighted by atomic mass is 9.95. The Morgan fingerprint density at radius 2 is 1.95 bits per heavy atom. The molecule has 1 aliphatic rings. The standard InChI is InChI=1S/C18H17BrClNO/c19-16-7-2-1-4-13(16)8-11-21-17(22)18(9-10-18)14-5-3-6-15(20)12-14/h1-7,12H,8-11H2,(H,21,22). The van der Waals surface area contributed by atoms with Crippen LogP contribution < -0.4 is 5.32 Å². The molecule has 0 aliphatic heterocycles. The summed E-state index contributed by atoms with van der Waals surface area (Å²) >= 11 is 9.58. The summed E-state index contributed by atoms with van der Waals surface area (Å²) in [6.45, 7) is 0.643. The van der Waals surface area contributed by atoms with Crippen LogP contribution in [0.15, 0.2) is 53.0 Å². The van der Waals surface area contributed by atoms with Crippen molar-refractivity contribution in [2.75, 3.05) is 6.54 Å². The van der Waals surface area contributed by atoms with Gasteiger partial charge in [0.1, 0.15) is 0 Å². The first-order valence-electron chi connectivity index (χ1n) is 7.40. The molecule has 1 amide bonds. The number of amides is 1. The second-order valence-corrected chi connectivity index (χ2v) is 6.98. The third kappa shape index (κ3) is 3.21. The number of hydrogen-bond donors (Lipinski definition) is 1. The summed E-state index contributed by atoms with van der Waals surface area (Å²) in [5.74, 6) is 0.113. The molecular formula is C18H17BrClNO. The number of carbonyl (C=O) groups excluding carboxylic acids is 1. The molecule has 0 atom stereocenters.